The predicted molar refractivity (Wildman–Crippen MR) is 83.3 cm³/mol. The zero-order valence-electron chi connectivity index (χ0n) is 10.9. The summed E-state index contributed by atoms with van der Waals surface area (Å²) >= 11 is 15.2. The number of hydrogen-bond donors (Lipinski definition) is 1. The summed E-state index contributed by atoms with van der Waals surface area (Å²) in [4.78, 5) is 11.2. The molecule has 1 aliphatic heterocycles. The maximum absolute atomic E-state index is 12.8. The molecule has 0 bridgehead atoms. The van der Waals surface area contributed by atoms with E-state index in [0.29, 0.717) is 10.9 Å². The Balaban J connectivity index is 2.61. The fourth-order valence-corrected chi connectivity index (χ4v) is 6.12. The Kier molecular flexibility index (Phi) is 4.62. The second-order valence-electron chi connectivity index (χ2n) is 4.96. The maximum Gasteiger partial charge on any atom is 0.324 e. The number of benzene rings is 1. The highest BCUT2D eigenvalue weighted by atomic mass is 79.9. The number of hydrogen-bond acceptors (Lipinski definition) is 3. The molecule has 21 heavy (non-hydrogen) atoms. The van der Waals surface area contributed by atoms with Gasteiger partial charge in [0.15, 0.2) is 0 Å². The van der Waals surface area contributed by atoms with Gasteiger partial charge in [-0.1, -0.05) is 39.1 Å². The lowest BCUT2D eigenvalue weighted by atomic mass is 10.0. The van der Waals surface area contributed by atoms with Crippen molar-refractivity contribution in [1.29, 1.82) is 0 Å². The van der Waals surface area contributed by atoms with Gasteiger partial charge >= 0.3 is 5.97 Å². The quantitative estimate of drug-likeness (QED) is 0.819. The average molecular weight is 417 g/mol. The Labute approximate surface area is 141 Å². The van der Waals surface area contributed by atoms with Gasteiger partial charge in [0.05, 0.1) is 10.0 Å². The van der Waals surface area contributed by atoms with E-state index < -0.39 is 21.5 Å². The van der Waals surface area contributed by atoms with E-state index >= 15 is 0 Å². The van der Waals surface area contributed by atoms with Crippen LogP contribution in [-0.2, 0) is 14.8 Å². The van der Waals surface area contributed by atoms with Crippen LogP contribution < -0.4 is 0 Å². The van der Waals surface area contributed by atoms with Gasteiger partial charge in [0.2, 0.25) is 10.0 Å². The van der Waals surface area contributed by atoms with Crippen LogP contribution in [0, 0.1) is 0 Å². The summed E-state index contributed by atoms with van der Waals surface area (Å²) in [5.74, 6) is -1.19. The molecule has 1 atom stereocenters. The zero-order valence-corrected chi connectivity index (χ0v) is 14.9. The van der Waals surface area contributed by atoms with Crippen LogP contribution in [-0.4, -0.2) is 35.9 Å². The number of sulfonamides is 1. The van der Waals surface area contributed by atoms with Gasteiger partial charge in [-0.3, -0.25) is 4.79 Å². The third-order valence-electron chi connectivity index (χ3n) is 3.55. The van der Waals surface area contributed by atoms with Gasteiger partial charge < -0.3 is 5.11 Å². The van der Waals surface area contributed by atoms with Crippen molar-refractivity contribution >= 4 is 55.1 Å². The summed E-state index contributed by atoms with van der Waals surface area (Å²) in [6.07, 6.45) is 0.709. The molecule has 1 aromatic rings. The molecule has 9 heteroatoms. The molecule has 1 aliphatic rings. The SMILES string of the molecule is CC1(C(=O)O)CCCN1S(=O)(=O)c1c(Cl)cc(Br)cc1Cl. The van der Waals surface area contributed by atoms with E-state index in [0.717, 1.165) is 4.31 Å². The summed E-state index contributed by atoms with van der Waals surface area (Å²) in [5, 5.41) is 9.26. The molecule has 1 aromatic carbocycles. The normalized spacial score (nSPS) is 23.4. The maximum atomic E-state index is 12.8. The van der Waals surface area contributed by atoms with E-state index in [2.05, 4.69) is 15.9 Å². The minimum atomic E-state index is -4.10. The second-order valence-corrected chi connectivity index (χ2v) is 8.49. The number of carbonyl (C=O) groups is 1. The first-order valence-electron chi connectivity index (χ1n) is 6.01. The van der Waals surface area contributed by atoms with Crippen molar-refractivity contribution < 1.29 is 18.3 Å². The van der Waals surface area contributed by atoms with Crippen molar-refractivity contribution in [1.82, 2.24) is 4.31 Å². The van der Waals surface area contributed by atoms with Crippen LogP contribution in [0.2, 0.25) is 10.0 Å². The molecule has 0 amide bonds. The highest BCUT2D eigenvalue weighted by Crippen LogP contribution is 2.40. The van der Waals surface area contributed by atoms with Crippen molar-refractivity contribution in [2.45, 2.75) is 30.2 Å². The molecule has 0 aliphatic carbocycles. The lowest BCUT2D eigenvalue weighted by Crippen LogP contribution is -2.50. The van der Waals surface area contributed by atoms with Gasteiger partial charge in [-0.15, -0.1) is 0 Å². The van der Waals surface area contributed by atoms with Gasteiger partial charge in [-0.2, -0.15) is 4.31 Å². The number of carboxylic acid groups (broad SMARTS) is 1. The Morgan fingerprint density at radius 2 is 1.90 bits per heavy atom. The first-order chi connectivity index (χ1) is 9.60. The van der Waals surface area contributed by atoms with Gasteiger partial charge in [-0.05, 0) is 31.9 Å². The molecule has 0 aromatic heterocycles. The fourth-order valence-electron chi connectivity index (χ4n) is 2.42. The van der Waals surface area contributed by atoms with E-state index in [1.165, 1.54) is 19.1 Å². The van der Waals surface area contributed by atoms with Crippen molar-refractivity contribution in [3.8, 4) is 0 Å². The van der Waals surface area contributed by atoms with Crippen LogP contribution >= 0.6 is 39.1 Å². The lowest BCUT2D eigenvalue weighted by molar-refractivity contribution is -0.146. The van der Waals surface area contributed by atoms with Crippen molar-refractivity contribution in [2.75, 3.05) is 6.54 Å². The zero-order chi connectivity index (χ0) is 16.0. The van der Waals surface area contributed by atoms with Crippen molar-refractivity contribution in [3.63, 3.8) is 0 Å². The molecule has 2 rings (SSSR count). The minimum Gasteiger partial charge on any atom is -0.480 e. The molecule has 116 valence electrons. The Morgan fingerprint density at radius 3 is 2.38 bits per heavy atom. The summed E-state index contributed by atoms with van der Waals surface area (Å²) in [5.41, 5.74) is -1.49. The van der Waals surface area contributed by atoms with Crippen molar-refractivity contribution in [2.24, 2.45) is 0 Å². The van der Waals surface area contributed by atoms with Gasteiger partial charge in [0.25, 0.3) is 0 Å². The Morgan fingerprint density at radius 1 is 1.38 bits per heavy atom. The van der Waals surface area contributed by atoms with Gasteiger partial charge in [0, 0.05) is 11.0 Å². The molecular formula is C12H12BrCl2NO4S. The first-order valence-corrected chi connectivity index (χ1v) is 9.00. The first kappa shape index (κ1) is 17.0. The predicted octanol–water partition coefficient (Wildman–Crippen LogP) is 3.38. The van der Waals surface area contributed by atoms with E-state index in [4.69, 9.17) is 23.2 Å². The Hall–Kier alpha value is -0.340. The summed E-state index contributed by atoms with van der Waals surface area (Å²) in [6.45, 7) is 1.51. The van der Waals surface area contributed by atoms with Gasteiger partial charge in [0.1, 0.15) is 10.4 Å². The molecule has 0 saturated carbocycles. The van der Waals surface area contributed by atoms with Crippen LogP contribution in [0.1, 0.15) is 19.8 Å². The van der Waals surface area contributed by atoms with Crippen LogP contribution in [0.3, 0.4) is 0 Å². The monoisotopic (exact) mass is 415 g/mol. The smallest absolute Gasteiger partial charge is 0.324 e. The number of carboxylic acids is 1. The third kappa shape index (κ3) is 2.82. The topological polar surface area (TPSA) is 74.7 Å². The fraction of sp³-hybridized carbons (Fsp3) is 0.417. The lowest BCUT2D eigenvalue weighted by Gasteiger charge is -2.30. The number of aliphatic carboxylic acids is 1. The Bertz CT molecular complexity index is 686. The van der Waals surface area contributed by atoms with Crippen LogP contribution in [0.25, 0.3) is 0 Å². The molecule has 1 fully saturated rings. The number of halogens is 3. The molecule has 1 saturated heterocycles. The van der Waals surface area contributed by atoms with Crippen LogP contribution in [0.4, 0.5) is 0 Å². The van der Waals surface area contributed by atoms with Crippen molar-refractivity contribution in [3.05, 3.63) is 26.7 Å². The molecule has 1 unspecified atom stereocenters. The van der Waals surface area contributed by atoms with Crippen LogP contribution in [0.5, 0.6) is 0 Å². The van der Waals surface area contributed by atoms with Gasteiger partial charge in [-0.25, -0.2) is 8.42 Å². The summed E-state index contributed by atoms with van der Waals surface area (Å²) in [7, 11) is -4.10. The number of nitrogens with zero attached hydrogens (tertiary/aromatic N) is 1. The minimum absolute atomic E-state index is 0.0472. The second kappa shape index (κ2) is 5.70. The summed E-state index contributed by atoms with van der Waals surface area (Å²) < 4.78 is 27.1. The van der Waals surface area contributed by atoms with E-state index in [1.54, 1.807) is 0 Å². The third-order valence-corrected chi connectivity index (χ3v) is 6.95. The molecule has 5 nitrogen and oxygen atoms in total. The van der Waals surface area contributed by atoms with E-state index in [9.17, 15) is 18.3 Å². The molecule has 0 spiro atoms. The van der Waals surface area contributed by atoms with E-state index in [-0.39, 0.29) is 27.9 Å². The number of rotatable bonds is 3. The molecule has 1 N–H and O–H groups in total. The van der Waals surface area contributed by atoms with Crippen LogP contribution in [0.15, 0.2) is 21.5 Å². The highest BCUT2D eigenvalue weighted by molar-refractivity contribution is 9.10. The standard InChI is InChI=1S/C12H12BrCl2NO4S/c1-12(11(17)18)3-2-4-16(12)21(19,20)10-8(14)5-7(13)6-9(10)15/h5-6H,2-4H2,1H3,(H,17,18). The molecule has 0 radical (unpaired) electrons. The van der Waals surface area contributed by atoms with E-state index in [1.807, 2.05) is 0 Å². The molecule has 1 heterocycles. The largest absolute Gasteiger partial charge is 0.480 e. The highest BCUT2D eigenvalue weighted by Gasteiger charge is 2.50. The summed E-state index contributed by atoms with van der Waals surface area (Å²) in [6, 6.07) is 2.82. The average Bonchev–Trinajstić information content (AvgIpc) is 2.71. The molecular weight excluding hydrogens is 405 g/mol.